The molecule has 0 saturated carbocycles. The molecule has 2 N–H and O–H groups in total. The zero-order chi connectivity index (χ0) is 19.3. The minimum absolute atomic E-state index is 0. The van der Waals surface area contributed by atoms with E-state index in [0.29, 0.717) is 34.4 Å². The molecule has 1 aromatic heterocycles. The van der Waals surface area contributed by atoms with Crippen LogP contribution in [0.2, 0.25) is 0 Å². The fourth-order valence-corrected chi connectivity index (χ4v) is 3.62. The number of aliphatic imine (C=N–C) groups is 1. The van der Waals surface area contributed by atoms with Crippen molar-refractivity contribution in [1.82, 2.24) is 5.32 Å². The second kappa shape index (κ2) is 46.7. The summed E-state index contributed by atoms with van der Waals surface area (Å²) in [5.74, 6) is 0.872. The smallest absolute Gasteiger partial charge is 0.339 e. The first-order valence-corrected chi connectivity index (χ1v) is 9.23. The van der Waals surface area contributed by atoms with Crippen molar-refractivity contribution in [1.29, 1.82) is 0 Å². The Hall–Kier alpha value is -2.29. The molecule has 2 atom stereocenters. The highest BCUT2D eigenvalue weighted by molar-refractivity contribution is 8.16. The molecule has 9 heteroatoms. The lowest BCUT2D eigenvalue weighted by atomic mass is 10.0. The van der Waals surface area contributed by atoms with Crippen LogP contribution in [-0.2, 0) is 4.79 Å². The molecule has 8 nitrogen and oxygen atoms in total. The number of hydrogen-bond donors (Lipinski definition) is 2. The molecule has 2 rings (SSSR count). The molecule has 1 amide bonds. The van der Waals surface area contributed by atoms with Crippen LogP contribution in [-0.4, -0.2) is 40.3 Å². The maximum Gasteiger partial charge on any atom is 0.339 e. The molecule has 2 heterocycles. The summed E-state index contributed by atoms with van der Waals surface area (Å²) in [6.07, 6.45) is 1.38. The summed E-state index contributed by atoms with van der Waals surface area (Å²) < 4.78 is 10.4. The van der Waals surface area contributed by atoms with Gasteiger partial charge in [-0.15, -0.1) is 11.8 Å². The number of rotatable bonds is 7. The van der Waals surface area contributed by atoms with Crippen molar-refractivity contribution in [3.8, 4) is 5.75 Å². The maximum absolute atomic E-state index is 12.8. The first-order valence-electron chi connectivity index (χ1n) is 8.24. The summed E-state index contributed by atoms with van der Waals surface area (Å²) in [7, 11) is 1.46. The van der Waals surface area contributed by atoms with E-state index in [2.05, 4.69) is 15.5 Å². The molecule has 1 aliphatic rings. The van der Waals surface area contributed by atoms with Gasteiger partial charge in [-0.05, 0) is 20.3 Å². The minimum atomic E-state index is -0.989. The predicted molar refractivity (Wildman–Crippen MR) is 215 cm³/mol. The van der Waals surface area contributed by atoms with Gasteiger partial charge in [0.05, 0.1) is 19.2 Å². The molecule has 1 aromatic rings. The number of ether oxygens (including phenoxy) is 1. The van der Waals surface area contributed by atoms with Crippen molar-refractivity contribution in [2.75, 3.05) is 12.9 Å². The van der Waals surface area contributed by atoms with Crippen molar-refractivity contribution in [2.45, 2.75) is 171 Å². The van der Waals surface area contributed by atoms with E-state index in [9.17, 15) is 9.59 Å². The summed E-state index contributed by atoms with van der Waals surface area (Å²) in [6, 6.07) is 2.38. The molecule has 1 aliphatic heterocycles. The largest absolute Gasteiger partial charge is 0.496 e. The van der Waals surface area contributed by atoms with E-state index in [0.717, 1.165) is 6.42 Å². The van der Waals surface area contributed by atoms with Gasteiger partial charge in [0, 0.05) is 11.8 Å². The van der Waals surface area contributed by atoms with E-state index in [1.165, 1.54) is 24.9 Å². The fraction of sp³-hybridized carbons (Fsp3) is 0.765. The SMILES string of the molecule is C.C.C.C.C.C.C.C.C.C.C.C.C.C.C.C.C.CCC[C@@H](NC(=O)[C@]1(C)CSC(/C(C)=N/O)=N1)c1cc(OC)cc(=O)o1. The number of methoxy groups -OCH3 is 1. The number of carbonyl (C=O) groups excluding carboxylic acids is 1. The number of thioether (sulfide) groups is 1. The molecule has 0 aliphatic carbocycles. The minimum Gasteiger partial charge on any atom is -0.496 e. The molecule has 0 aromatic carbocycles. The first kappa shape index (κ1) is 105. The van der Waals surface area contributed by atoms with E-state index in [1.807, 2.05) is 6.92 Å². The highest BCUT2D eigenvalue weighted by atomic mass is 32.2. The molecule has 0 fully saturated rings. The summed E-state index contributed by atoms with van der Waals surface area (Å²) in [6.45, 7) is 5.32. The van der Waals surface area contributed by atoms with E-state index >= 15 is 0 Å². The number of oxime groups is 1. The van der Waals surface area contributed by atoms with Crippen molar-refractivity contribution in [3.05, 3.63) is 28.3 Å². The molecule has 0 bridgehead atoms. The molecule has 0 saturated heterocycles. The standard InChI is InChI=1S/C17H23N3O5S.17CH4/c1-5-6-12(13-7-11(24-4)8-14(21)25-13)18-16(22)17(3)9-26-15(19-17)10(2)20-23;;;;;;;;;;;;;;;;;/h7-8,12,23H,5-6,9H2,1-4H3,(H,18,22);17*1H4/b20-10+;;;;;;;;;;;;;;;;;/t12-,17+;;;;;;;;;;;;;;;;;/m1................./s1. The lowest BCUT2D eigenvalue weighted by Gasteiger charge is -2.24. The Bertz CT molecular complexity index is 796. The number of nitrogens with zero attached hydrogens (tertiary/aromatic N) is 2. The van der Waals surface area contributed by atoms with Gasteiger partial charge in [-0.25, -0.2) is 4.79 Å². The summed E-state index contributed by atoms with van der Waals surface area (Å²) in [4.78, 5) is 29.0. The molecule has 43 heavy (non-hydrogen) atoms. The van der Waals surface area contributed by atoms with Crippen LogP contribution < -0.4 is 15.7 Å². The number of carbonyl (C=O) groups is 1. The average Bonchev–Trinajstić information content (AvgIpc) is 3.03. The van der Waals surface area contributed by atoms with Crippen LogP contribution in [0.25, 0.3) is 0 Å². The van der Waals surface area contributed by atoms with Crippen LogP contribution in [0.1, 0.15) is 172 Å². The fourth-order valence-electron chi connectivity index (χ4n) is 2.49. The van der Waals surface area contributed by atoms with Gasteiger partial charge in [-0.3, -0.25) is 9.79 Å². The predicted octanol–water partition coefficient (Wildman–Crippen LogP) is 13.2. The van der Waals surface area contributed by atoms with Gasteiger partial charge < -0.3 is 19.7 Å². The van der Waals surface area contributed by atoms with Crippen LogP contribution in [0.3, 0.4) is 0 Å². The van der Waals surface area contributed by atoms with Crippen molar-refractivity contribution in [2.24, 2.45) is 10.1 Å². The van der Waals surface area contributed by atoms with Gasteiger partial charge >= 0.3 is 5.63 Å². The summed E-state index contributed by atoms with van der Waals surface area (Å²) in [5, 5.41) is 15.5. The van der Waals surface area contributed by atoms with Crippen molar-refractivity contribution < 1.29 is 19.2 Å². The molecule has 278 valence electrons. The lowest BCUT2D eigenvalue weighted by Crippen LogP contribution is -2.45. The number of hydrogen-bond acceptors (Lipinski definition) is 8. The second-order valence-electron chi connectivity index (χ2n) is 6.20. The topological polar surface area (TPSA) is 113 Å². The Morgan fingerprint density at radius 3 is 1.79 bits per heavy atom. The van der Waals surface area contributed by atoms with Gasteiger partial charge in [-0.2, -0.15) is 0 Å². The van der Waals surface area contributed by atoms with Gasteiger partial charge in [-0.1, -0.05) is 145 Å². The Morgan fingerprint density at radius 2 is 1.42 bits per heavy atom. The zero-order valence-corrected chi connectivity index (χ0v) is 16.1. The van der Waals surface area contributed by atoms with Crippen molar-refractivity contribution in [3.63, 3.8) is 0 Å². The highest BCUT2D eigenvalue weighted by Crippen LogP contribution is 2.30. The van der Waals surface area contributed by atoms with E-state index in [-0.39, 0.29) is 132 Å². The van der Waals surface area contributed by atoms with Crippen LogP contribution in [0, 0.1) is 0 Å². The number of amides is 1. The van der Waals surface area contributed by atoms with E-state index < -0.39 is 17.2 Å². The third kappa shape index (κ3) is 27.0. The Balaban J connectivity index is -0.0000000306. The van der Waals surface area contributed by atoms with E-state index in [1.54, 1.807) is 19.9 Å². The van der Waals surface area contributed by atoms with E-state index in [4.69, 9.17) is 14.4 Å². The molecular weight excluding hydrogens is 562 g/mol. The van der Waals surface area contributed by atoms with Crippen LogP contribution >= 0.6 is 11.8 Å². The monoisotopic (exact) mass is 654 g/mol. The van der Waals surface area contributed by atoms with Gasteiger partial charge in [0.25, 0.3) is 0 Å². The lowest BCUT2D eigenvalue weighted by molar-refractivity contribution is -0.125. The second-order valence-corrected chi connectivity index (χ2v) is 7.16. The first-order chi connectivity index (χ1) is 12.3. The average molecular weight is 654 g/mol. The van der Waals surface area contributed by atoms with Crippen LogP contribution in [0.5, 0.6) is 5.75 Å². The highest BCUT2D eigenvalue weighted by Gasteiger charge is 2.40. The summed E-state index contributed by atoms with van der Waals surface area (Å²) in [5.41, 5.74) is -1.15. The van der Waals surface area contributed by atoms with Gasteiger partial charge in [0.15, 0.2) is 0 Å². The normalized spacial score (nSPS) is 12.8. The van der Waals surface area contributed by atoms with Crippen LogP contribution in [0.4, 0.5) is 0 Å². The Labute approximate surface area is 281 Å². The van der Waals surface area contributed by atoms with Crippen molar-refractivity contribution >= 4 is 28.4 Å². The molecule has 0 unspecified atom stereocenters. The van der Waals surface area contributed by atoms with Gasteiger partial charge in [0.1, 0.15) is 27.8 Å². The molecule has 0 radical (unpaired) electrons. The van der Waals surface area contributed by atoms with Gasteiger partial charge in [0.2, 0.25) is 5.91 Å². The molecular formula is C34H91N3O5S. The molecule has 0 spiro atoms. The third-order valence-electron chi connectivity index (χ3n) is 4.01. The Kier molecular flexibility index (Phi) is 114. The third-order valence-corrected chi connectivity index (χ3v) is 5.38. The Morgan fingerprint density at radius 1 is 0.977 bits per heavy atom. The van der Waals surface area contributed by atoms with Crippen LogP contribution in [0.15, 0.2) is 31.5 Å². The summed E-state index contributed by atoms with van der Waals surface area (Å²) >= 11 is 1.36. The number of nitrogens with one attached hydrogen (secondary N) is 1. The zero-order valence-electron chi connectivity index (χ0n) is 15.2. The maximum atomic E-state index is 12.8. The quantitative estimate of drug-likeness (QED) is 0.172.